The van der Waals surface area contributed by atoms with Gasteiger partial charge < -0.3 is 0 Å². The predicted octanol–water partition coefficient (Wildman–Crippen LogP) is 1.90. The van der Waals surface area contributed by atoms with Crippen LogP contribution in [0.4, 0.5) is 0 Å². The number of hydrogen-bond donors (Lipinski definition) is 2. The second-order valence-electron chi connectivity index (χ2n) is 5.02. The molecule has 1 aliphatic carbocycles. The van der Waals surface area contributed by atoms with Crippen LogP contribution >= 0.6 is 11.6 Å². The summed E-state index contributed by atoms with van der Waals surface area (Å²) in [6.07, 6.45) is 2.12. The summed E-state index contributed by atoms with van der Waals surface area (Å²) < 4.78 is 1.98. The molecule has 5 heteroatoms. The van der Waals surface area contributed by atoms with Gasteiger partial charge in [0.1, 0.15) is 0 Å². The zero-order chi connectivity index (χ0) is 12.6. The normalized spacial score (nSPS) is 25.0. The highest BCUT2D eigenvalue weighted by atomic mass is 35.5. The van der Waals surface area contributed by atoms with Crippen LogP contribution in [0.1, 0.15) is 31.7 Å². The van der Waals surface area contributed by atoms with Gasteiger partial charge in [0.15, 0.2) is 0 Å². The Morgan fingerprint density at radius 3 is 2.76 bits per heavy atom. The van der Waals surface area contributed by atoms with E-state index in [2.05, 4.69) is 24.4 Å². The van der Waals surface area contributed by atoms with Crippen molar-refractivity contribution in [2.45, 2.75) is 46.2 Å². The van der Waals surface area contributed by atoms with Gasteiger partial charge >= 0.3 is 0 Å². The number of nitrogens with zero attached hydrogens (tertiary/aromatic N) is 2. The second-order valence-corrected chi connectivity index (χ2v) is 5.39. The van der Waals surface area contributed by atoms with Crippen LogP contribution in [-0.2, 0) is 13.0 Å². The molecule has 0 amide bonds. The fraction of sp³-hybridized carbons (Fsp3) is 0.750. The van der Waals surface area contributed by atoms with Gasteiger partial charge in [-0.15, -0.1) is 0 Å². The van der Waals surface area contributed by atoms with Gasteiger partial charge in [0, 0.05) is 19.0 Å². The number of nitrogens with one attached hydrogen (secondary N) is 1. The molecular formula is C12H21ClN4. The third-order valence-corrected chi connectivity index (χ3v) is 4.26. The Morgan fingerprint density at radius 1 is 1.65 bits per heavy atom. The molecule has 1 aliphatic rings. The molecule has 3 unspecified atom stereocenters. The Labute approximate surface area is 107 Å². The van der Waals surface area contributed by atoms with E-state index in [4.69, 9.17) is 17.4 Å². The van der Waals surface area contributed by atoms with E-state index in [-0.39, 0.29) is 0 Å². The second kappa shape index (κ2) is 4.96. The minimum absolute atomic E-state index is 0.309. The largest absolute Gasteiger partial charge is 0.271 e. The van der Waals surface area contributed by atoms with Crippen molar-refractivity contribution in [2.75, 3.05) is 0 Å². The van der Waals surface area contributed by atoms with E-state index in [1.807, 2.05) is 11.6 Å². The molecule has 0 saturated heterocycles. The van der Waals surface area contributed by atoms with E-state index in [0.717, 1.165) is 35.3 Å². The molecule has 0 aliphatic heterocycles. The van der Waals surface area contributed by atoms with Gasteiger partial charge in [-0.25, -0.2) is 0 Å². The molecule has 1 heterocycles. The van der Waals surface area contributed by atoms with Crippen LogP contribution in [0, 0.1) is 18.8 Å². The summed E-state index contributed by atoms with van der Waals surface area (Å²) in [5, 5.41) is 5.22. The van der Waals surface area contributed by atoms with Gasteiger partial charge in [-0.05, 0) is 32.1 Å². The molecule has 4 nitrogen and oxygen atoms in total. The molecular weight excluding hydrogens is 236 g/mol. The van der Waals surface area contributed by atoms with Gasteiger partial charge in [0.25, 0.3) is 0 Å². The summed E-state index contributed by atoms with van der Waals surface area (Å²) >= 11 is 6.30. The number of hydrazine groups is 1. The maximum Gasteiger partial charge on any atom is 0.0847 e. The van der Waals surface area contributed by atoms with E-state index in [1.54, 1.807) is 0 Å². The standard InChI is InChI=1S/C12H21ClN4/c1-4-17-11(12(13)8(3)16-17)6-10(15-14)9-5-7(9)2/h7,9-10,15H,4-6,14H2,1-3H3. The van der Waals surface area contributed by atoms with Gasteiger partial charge in [-0.1, -0.05) is 18.5 Å². The van der Waals surface area contributed by atoms with Crippen molar-refractivity contribution in [3.63, 3.8) is 0 Å². The monoisotopic (exact) mass is 256 g/mol. The highest BCUT2D eigenvalue weighted by molar-refractivity contribution is 6.31. The topological polar surface area (TPSA) is 55.9 Å². The van der Waals surface area contributed by atoms with Crippen molar-refractivity contribution < 1.29 is 0 Å². The van der Waals surface area contributed by atoms with Gasteiger partial charge in [-0.3, -0.25) is 16.0 Å². The molecule has 0 aromatic carbocycles. The van der Waals surface area contributed by atoms with E-state index in [9.17, 15) is 0 Å². The first-order valence-electron chi connectivity index (χ1n) is 6.26. The summed E-state index contributed by atoms with van der Waals surface area (Å²) in [5.41, 5.74) is 4.94. The summed E-state index contributed by atoms with van der Waals surface area (Å²) in [6, 6.07) is 0.309. The first-order valence-corrected chi connectivity index (χ1v) is 6.64. The van der Waals surface area contributed by atoms with Crippen LogP contribution in [0.5, 0.6) is 0 Å². The summed E-state index contributed by atoms with van der Waals surface area (Å²) in [5.74, 6) is 7.10. The van der Waals surface area contributed by atoms with Crippen molar-refractivity contribution in [1.29, 1.82) is 0 Å². The van der Waals surface area contributed by atoms with Crippen LogP contribution in [0.2, 0.25) is 5.02 Å². The average Bonchev–Trinajstić information content (AvgIpc) is 2.97. The lowest BCUT2D eigenvalue weighted by Crippen LogP contribution is -2.39. The van der Waals surface area contributed by atoms with Crippen molar-refractivity contribution in [1.82, 2.24) is 15.2 Å². The number of nitrogens with two attached hydrogens (primary N) is 1. The van der Waals surface area contributed by atoms with Gasteiger partial charge in [-0.2, -0.15) is 5.10 Å². The van der Waals surface area contributed by atoms with E-state index in [1.165, 1.54) is 6.42 Å². The Balaban J connectivity index is 2.16. The predicted molar refractivity (Wildman–Crippen MR) is 69.7 cm³/mol. The highest BCUT2D eigenvalue weighted by Crippen LogP contribution is 2.41. The number of rotatable bonds is 5. The van der Waals surface area contributed by atoms with E-state index < -0.39 is 0 Å². The van der Waals surface area contributed by atoms with Crippen LogP contribution in [0.25, 0.3) is 0 Å². The van der Waals surface area contributed by atoms with Crippen molar-refractivity contribution >= 4 is 11.6 Å². The molecule has 1 aromatic rings. The van der Waals surface area contributed by atoms with Gasteiger partial charge in [0.05, 0.1) is 16.4 Å². The zero-order valence-corrected chi connectivity index (χ0v) is 11.5. The fourth-order valence-electron chi connectivity index (χ4n) is 2.52. The van der Waals surface area contributed by atoms with Crippen LogP contribution in [0.15, 0.2) is 0 Å². The third kappa shape index (κ3) is 2.49. The Kier molecular flexibility index (Phi) is 3.76. The highest BCUT2D eigenvalue weighted by Gasteiger charge is 2.39. The van der Waals surface area contributed by atoms with Gasteiger partial charge in [0.2, 0.25) is 0 Å². The van der Waals surface area contributed by atoms with Crippen LogP contribution < -0.4 is 11.3 Å². The zero-order valence-electron chi connectivity index (χ0n) is 10.7. The van der Waals surface area contributed by atoms with Crippen molar-refractivity contribution in [3.8, 4) is 0 Å². The van der Waals surface area contributed by atoms with Crippen LogP contribution in [-0.4, -0.2) is 15.8 Å². The number of halogens is 1. The third-order valence-electron chi connectivity index (χ3n) is 3.77. The molecule has 1 aromatic heterocycles. The average molecular weight is 257 g/mol. The maximum atomic E-state index is 6.30. The number of hydrogen-bond acceptors (Lipinski definition) is 3. The number of aryl methyl sites for hydroxylation is 2. The quantitative estimate of drug-likeness (QED) is 0.625. The molecule has 1 saturated carbocycles. The van der Waals surface area contributed by atoms with Crippen molar-refractivity contribution in [2.24, 2.45) is 17.7 Å². The lowest BCUT2D eigenvalue weighted by atomic mass is 10.1. The molecule has 0 spiro atoms. The lowest BCUT2D eigenvalue weighted by Gasteiger charge is -2.16. The summed E-state index contributed by atoms with van der Waals surface area (Å²) in [4.78, 5) is 0. The first kappa shape index (κ1) is 12.9. The Morgan fingerprint density at radius 2 is 2.29 bits per heavy atom. The number of aromatic nitrogens is 2. The van der Waals surface area contributed by atoms with Crippen LogP contribution in [0.3, 0.4) is 0 Å². The Bertz CT molecular complexity index is 401. The van der Waals surface area contributed by atoms with Crippen molar-refractivity contribution in [3.05, 3.63) is 16.4 Å². The summed E-state index contributed by atoms with van der Waals surface area (Å²) in [7, 11) is 0. The molecule has 3 N–H and O–H groups in total. The molecule has 0 bridgehead atoms. The molecule has 0 radical (unpaired) electrons. The van der Waals surface area contributed by atoms with E-state index >= 15 is 0 Å². The smallest absolute Gasteiger partial charge is 0.0847 e. The molecule has 3 atom stereocenters. The van der Waals surface area contributed by atoms with E-state index in [0.29, 0.717) is 12.0 Å². The minimum atomic E-state index is 0.309. The molecule has 1 fully saturated rings. The minimum Gasteiger partial charge on any atom is -0.271 e. The first-order chi connectivity index (χ1) is 8.08. The fourth-order valence-corrected chi connectivity index (χ4v) is 2.73. The SMILES string of the molecule is CCn1nc(C)c(Cl)c1CC(NN)C1CC1C. The molecule has 17 heavy (non-hydrogen) atoms. The molecule has 2 rings (SSSR count). The lowest BCUT2D eigenvalue weighted by molar-refractivity contribution is 0.439. The summed E-state index contributed by atoms with van der Waals surface area (Å²) in [6.45, 7) is 7.14. The Hall–Kier alpha value is -0.580. The molecule has 96 valence electrons. The maximum absolute atomic E-state index is 6.30.